The van der Waals surface area contributed by atoms with Crippen LogP contribution in [0.1, 0.15) is 25.6 Å². The molecule has 0 saturated carbocycles. The highest BCUT2D eigenvalue weighted by atomic mass is 16.2. The predicted molar refractivity (Wildman–Crippen MR) is 86.3 cm³/mol. The summed E-state index contributed by atoms with van der Waals surface area (Å²) in [7, 11) is 6.02. The summed E-state index contributed by atoms with van der Waals surface area (Å²) in [5, 5.41) is 0. The van der Waals surface area contributed by atoms with Gasteiger partial charge in [-0.25, -0.2) is 9.97 Å². The predicted octanol–water partition coefficient (Wildman–Crippen LogP) is 0.849. The molecule has 0 N–H and O–H groups in total. The Labute approximate surface area is 133 Å². The van der Waals surface area contributed by atoms with Gasteiger partial charge in [-0.3, -0.25) is 14.6 Å². The SMILES string of the molecule is CCC(C(=O)N1CCC(N(C)Cc2ncccn2)C1)N(C)C. The molecule has 1 aromatic rings. The van der Waals surface area contributed by atoms with Crippen LogP contribution < -0.4 is 0 Å². The van der Waals surface area contributed by atoms with Gasteiger partial charge < -0.3 is 4.90 Å². The molecule has 2 rings (SSSR count). The maximum Gasteiger partial charge on any atom is 0.239 e. The summed E-state index contributed by atoms with van der Waals surface area (Å²) in [5.74, 6) is 1.08. The van der Waals surface area contributed by atoms with Crippen molar-refractivity contribution in [1.82, 2.24) is 24.7 Å². The molecular weight excluding hydrogens is 278 g/mol. The van der Waals surface area contributed by atoms with Gasteiger partial charge in [0.25, 0.3) is 0 Å². The van der Waals surface area contributed by atoms with Crippen molar-refractivity contribution in [3.63, 3.8) is 0 Å². The topological polar surface area (TPSA) is 52.6 Å². The summed E-state index contributed by atoms with van der Waals surface area (Å²) in [5.41, 5.74) is 0. The number of carbonyl (C=O) groups excluding carboxylic acids is 1. The molecule has 1 aromatic heterocycles. The summed E-state index contributed by atoms with van der Waals surface area (Å²) in [6.45, 7) is 4.42. The molecule has 0 spiro atoms. The highest BCUT2D eigenvalue weighted by Crippen LogP contribution is 2.18. The third kappa shape index (κ3) is 4.01. The van der Waals surface area contributed by atoms with Crippen molar-refractivity contribution in [2.45, 2.75) is 38.4 Å². The fraction of sp³-hybridized carbons (Fsp3) is 0.688. The van der Waals surface area contributed by atoms with Crippen LogP contribution in [0.3, 0.4) is 0 Å². The van der Waals surface area contributed by atoms with Crippen molar-refractivity contribution in [3.05, 3.63) is 24.3 Å². The van der Waals surface area contributed by atoms with Crippen molar-refractivity contribution in [1.29, 1.82) is 0 Å². The largest absolute Gasteiger partial charge is 0.340 e. The van der Waals surface area contributed by atoms with Crippen molar-refractivity contribution in [2.24, 2.45) is 0 Å². The molecule has 0 bridgehead atoms. The molecule has 0 radical (unpaired) electrons. The fourth-order valence-electron chi connectivity index (χ4n) is 3.04. The Morgan fingerprint density at radius 1 is 1.36 bits per heavy atom. The molecule has 6 heteroatoms. The molecule has 122 valence electrons. The minimum absolute atomic E-state index is 0.0125. The monoisotopic (exact) mass is 305 g/mol. The van der Waals surface area contributed by atoms with Gasteiger partial charge in [0.2, 0.25) is 5.91 Å². The Morgan fingerprint density at radius 2 is 2.05 bits per heavy atom. The van der Waals surface area contributed by atoms with Gasteiger partial charge in [0.1, 0.15) is 5.82 Å². The van der Waals surface area contributed by atoms with Gasteiger partial charge in [-0.15, -0.1) is 0 Å². The molecule has 0 aromatic carbocycles. The summed E-state index contributed by atoms with van der Waals surface area (Å²) in [6, 6.07) is 2.19. The lowest BCUT2D eigenvalue weighted by molar-refractivity contribution is -0.135. The van der Waals surface area contributed by atoms with Gasteiger partial charge in [-0.1, -0.05) is 6.92 Å². The van der Waals surface area contributed by atoms with E-state index >= 15 is 0 Å². The lowest BCUT2D eigenvalue weighted by Crippen LogP contribution is -2.46. The van der Waals surface area contributed by atoms with Gasteiger partial charge in [0.05, 0.1) is 12.6 Å². The Morgan fingerprint density at radius 3 is 2.64 bits per heavy atom. The molecule has 1 amide bonds. The van der Waals surface area contributed by atoms with Crippen molar-refractivity contribution in [3.8, 4) is 0 Å². The first-order valence-corrected chi connectivity index (χ1v) is 7.94. The standard InChI is InChI=1S/C16H27N5O/c1-5-14(19(2)3)16(22)21-10-7-13(11-21)20(4)12-15-17-8-6-9-18-15/h6,8-9,13-14H,5,7,10-12H2,1-4H3. The van der Waals surface area contributed by atoms with Gasteiger partial charge in [-0.2, -0.15) is 0 Å². The Balaban J connectivity index is 1.90. The van der Waals surface area contributed by atoms with Crippen LogP contribution in [0.2, 0.25) is 0 Å². The summed E-state index contributed by atoms with van der Waals surface area (Å²) >= 11 is 0. The number of hydrogen-bond donors (Lipinski definition) is 0. The number of hydrogen-bond acceptors (Lipinski definition) is 5. The lowest BCUT2D eigenvalue weighted by atomic mass is 10.2. The summed E-state index contributed by atoms with van der Waals surface area (Å²) in [4.78, 5) is 27.4. The quantitative estimate of drug-likeness (QED) is 0.780. The number of aromatic nitrogens is 2. The van der Waals surface area contributed by atoms with Crippen LogP contribution in [-0.2, 0) is 11.3 Å². The second-order valence-corrected chi connectivity index (χ2v) is 6.19. The minimum atomic E-state index is -0.0125. The Hall–Kier alpha value is -1.53. The van der Waals surface area contributed by atoms with E-state index in [4.69, 9.17) is 0 Å². The van der Waals surface area contributed by atoms with Crippen molar-refractivity contribution in [2.75, 3.05) is 34.2 Å². The average Bonchev–Trinajstić information content (AvgIpc) is 2.98. The third-order valence-electron chi connectivity index (χ3n) is 4.40. The first kappa shape index (κ1) is 16.8. The molecule has 6 nitrogen and oxygen atoms in total. The van der Waals surface area contributed by atoms with Gasteiger partial charge in [0, 0.05) is 31.5 Å². The van der Waals surface area contributed by atoms with E-state index < -0.39 is 0 Å². The highest BCUT2D eigenvalue weighted by molar-refractivity contribution is 5.82. The van der Waals surface area contributed by atoms with Gasteiger partial charge in [0.15, 0.2) is 0 Å². The van der Waals surface area contributed by atoms with Crippen molar-refractivity contribution >= 4 is 5.91 Å². The number of rotatable bonds is 6. The molecule has 1 saturated heterocycles. The normalized spacial score (nSPS) is 19.9. The van der Waals surface area contributed by atoms with E-state index in [9.17, 15) is 4.79 Å². The fourth-order valence-corrected chi connectivity index (χ4v) is 3.04. The van der Waals surface area contributed by atoms with Crippen LogP contribution in [0, 0.1) is 0 Å². The zero-order valence-electron chi connectivity index (χ0n) is 14.1. The maximum atomic E-state index is 12.6. The van der Waals surface area contributed by atoms with E-state index in [0.29, 0.717) is 6.04 Å². The van der Waals surface area contributed by atoms with E-state index in [1.807, 2.05) is 30.0 Å². The second kappa shape index (κ2) is 7.65. The van der Waals surface area contributed by atoms with Crippen LogP contribution in [0.25, 0.3) is 0 Å². The van der Waals surface area contributed by atoms with Gasteiger partial charge in [-0.05, 0) is 40.1 Å². The van der Waals surface area contributed by atoms with Crippen LogP contribution in [0.4, 0.5) is 0 Å². The molecule has 0 aliphatic carbocycles. The van der Waals surface area contributed by atoms with Crippen LogP contribution >= 0.6 is 0 Å². The molecule has 1 fully saturated rings. The molecule has 2 atom stereocenters. The van der Waals surface area contributed by atoms with Crippen molar-refractivity contribution < 1.29 is 4.79 Å². The number of nitrogens with zero attached hydrogens (tertiary/aromatic N) is 5. The van der Waals surface area contributed by atoms with E-state index in [-0.39, 0.29) is 11.9 Å². The lowest BCUT2D eigenvalue weighted by Gasteiger charge is -2.28. The average molecular weight is 305 g/mol. The number of amides is 1. The Bertz CT molecular complexity index is 479. The minimum Gasteiger partial charge on any atom is -0.340 e. The first-order valence-electron chi connectivity index (χ1n) is 7.94. The third-order valence-corrected chi connectivity index (χ3v) is 4.40. The number of likely N-dealkylation sites (tertiary alicyclic amines) is 1. The van der Waals surface area contributed by atoms with E-state index in [1.54, 1.807) is 12.4 Å². The molecule has 22 heavy (non-hydrogen) atoms. The van der Waals surface area contributed by atoms with Crippen LogP contribution in [-0.4, -0.2) is 76.9 Å². The molecule has 2 unspecified atom stereocenters. The highest BCUT2D eigenvalue weighted by Gasteiger charge is 2.32. The smallest absolute Gasteiger partial charge is 0.239 e. The number of likely N-dealkylation sites (N-methyl/N-ethyl adjacent to an activating group) is 2. The van der Waals surface area contributed by atoms with Gasteiger partial charge >= 0.3 is 0 Å². The molecule has 1 aliphatic rings. The zero-order chi connectivity index (χ0) is 16.1. The first-order chi connectivity index (χ1) is 10.5. The number of carbonyl (C=O) groups is 1. The van der Waals surface area contributed by atoms with E-state index in [2.05, 4.69) is 28.8 Å². The zero-order valence-corrected chi connectivity index (χ0v) is 14.1. The summed E-state index contributed by atoms with van der Waals surface area (Å²) in [6.07, 6.45) is 5.40. The van der Waals surface area contributed by atoms with E-state index in [0.717, 1.165) is 38.3 Å². The summed E-state index contributed by atoms with van der Waals surface area (Å²) < 4.78 is 0. The maximum absolute atomic E-state index is 12.6. The van der Waals surface area contributed by atoms with Crippen LogP contribution in [0.5, 0.6) is 0 Å². The van der Waals surface area contributed by atoms with E-state index in [1.165, 1.54) is 0 Å². The molecule has 1 aliphatic heterocycles. The van der Waals surface area contributed by atoms with Crippen LogP contribution in [0.15, 0.2) is 18.5 Å². The second-order valence-electron chi connectivity index (χ2n) is 6.19. The molecular formula is C16H27N5O. The Kier molecular flexibility index (Phi) is 5.85. The molecule has 2 heterocycles.